The number of rotatable bonds is 6. The van der Waals surface area contributed by atoms with E-state index in [4.69, 9.17) is 14.7 Å². The molecule has 8 heteroatoms. The molecular weight excluding hydrogens is 364 g/mol. The molecule has 7 nitrogen and oxygen atoms in total. The molecule has 0 saturated heterocycles. The van der Waals surface area contributed by atoms with Crippen LogP contribution in [0.15, 0.2) is 24.3 Å². The predicted octanol–water partition coefficient (Wildman–Crippen LogP) is 2.96. The van der Waals surface area contributed by atoms with Crippen molar-refractivity contribution in [2.24, 2.45) is 0 Å². The number of nitrogens with one attached hydrogen (secondary N) is 1. The quantitative estimate of drug-likeness (QED) is 0.704. The number of nitrogens with zero attached hydrogens (tertiary/aromatic N) is 3. The summed E-state index contributed by atoms with van der Waals surface area (Å²) in [4.78, 5) is 22.7. The molecule has 2 aromatic heterocycles. The Labute approximate surface area is 160 Å². The van der Waals surface area contributed by atoms with Crippen molar-refractivity contribution in [2.75, 3.05) is 14.2 Å². The average Bonchev–Trinajstić information content (AvgIpc) is 3.03. The SMILES string of the molecule is COCc1nc(OC)c2c(C)c(C(=O)NCc3ccc(C#N)cc3)sc2n1. The molecule has 0 saturated carbocycles. The van der Waals surface area contributed by atoms with E-state index in [1.54, 1.807) is 26.4 Å². The van der Waals surface area contributed by atoms with Crippen LogP contribution < -0.4 is 10.1 Å². The molecule has 1 aromatic carbocycles. The lowest BCUT2D eigenvalue weighted by atomic mass is 10.1. The minimum absolute atomic E-state index is 0.185. The van der Waals surface area contributed by atoms with Crippen LogP contribution in [-0.4, -0.2) is 30.1 Å². The molecule has 2 heterocycles. The summed E-state index contributed by atoms with van der Waals surface area (Å²) < 4.78 is 10.5. The van der Waals surface area contributed by atoms with E-state index >= 15 is 0 Å². The van der Waals surface area contributed by atoms with Gasteiger partial charge in [-0.05, 0) is 30.2 Å². The lowest BCUT2D eigenvalue weighted by Crippen LogP contribution is -2.22. The number of thiophene rings is 1. The van der Waals surface area contributed by atoms with Crippen molar-refractivity contribution >= 4 is 27.5 Å². The zero-order valence-electron chi connectivity index (χ0n) is 15.2. The average molecular weight is 382 g/mol. The van der Waals surface area contributed by atoms with Crippen molar-refractivity contribution in [1.29, 1.82) is 5.26 Å². The molecule has 27 heavy (non-hydrogen) atoms. The summed E-state index contributed by atoms with van der Waals surface area (Å²) in [6.45, 7) is 2.50. The van der Waals surface area contributed by atoms with Gasteiger partial charge in [-0.2, -0.15) is 10.2 Å². The fraction of sp³-hybridized carbons (Fsp3) is 0.263. The van der Waals surface area contributed by atoms with Crippen molar-refractivity contribution in [3.63, 3.8) is 0 Å². The number of fused-ring (bicyclic) bond motifs is 1. The molecule has 0 radical (unpaired) electrons. The summed E-state index contributed by atoms with van der Waals surface area (Å²) in [7, 11) is 3.11. The molecule has 0 aliphatic heterocycles. The van der Waals surface area contributed by atoms with Gasteiger partial charge in [0.05, 0.1) is 29.0 Å². The summed E-state index contributed by atoms with van der Waals surface area (Å²) in [5.74, 6) is 0.759. The minimum atomic E-state index is -0.185. The second-order valence-electron chi connectivity index (χ2n) is 5.81. The van der Waals surface area contributed by atoms with Gasteiger partial charge in [0, 0.05) is 13.7 Å². The fourth-order valence-electron chi connectivity index (χ4n) is 2.66. The Morgan fingerprint density at radius 1 is 1.26 bits per heavy atom. The monoisotopic (exact) mass is 382 g/mol. The molecule has 1 N–H and O–H groups in total. The van der Waals surface area contributed by atoms with E-state index in [9.17, 15) is 4.79 Å². The van der Waals surface area contributed by atoms with Crippen LogP contribution in [0, 0.1) is 18.3 Å². The molecule has 0 fully saturated rings. The Kier molecular flexibility index (Phi) is 5.64. The highest BCUT2D eigenvalue weighted by molar-refractivity contribution is 7.20. The molecule has 0 aliphatic carbocycles. The lowest BCUT2D eigenvalue weighted by Gasteiger charge is -2.06. The van der Waals surface area contributed by atoms with Crippen LogP contribution in [0.1, 0.15) is 32.2 Å². The highest BCUT2D eigenvalue weighted by atomic mass is 32.1. The number of carbonyl (C=O) groups is 1. The van der Waals surface area contributed by atoms with Crippen LogP contribution in [0.4, 0.5) is 0 Å². The molecule has 0 bridgehead atoms. The van der Waals surface area contributed by atoms with Crippen LogP contribution in [0.25, 0.3) is 10.2 Å². The van der Waals surface area contributed by atoms with Crippen molar-refractivity contribution in [1.82, 2.24) is 15.3 Å². The van der Waals surface area contributed by atoms with Crippen molar-refractivity contribution < 1.29 is 14.3 Å². The summed E-state index contributed by atoms with van der Waals surface area (Å²) >= 11 is 1.30. The number of amides is 1. The Bertz CT molecular complexity index is 1020. The molecule has 3 aromatic rings. The Morgan fingerprint density at radius 2 is 2.00 bits per heavy atom. The zero-order chi connectivity index (χ0) is 19.4. The predicted molar refractivity (Wildman–Crippen MR) is 102 cm³/mol. The number of aromatic nitrogens is 2. The maximum absolute atomic E-state index is 12.7. The Balaban J connectivity index is 1.85. The molecule has 0 unspecified atom stereocenters. The van der Waals surface area contributed by atoms with Gasteiger partial charge in [-0.15, -0.1) is 11.3 Å². The van der Waals surface area contributed by atoms with E-state index in [1.807, 2.05) is 19.1 Å². The van der Waals surface area contributed by atoms with Gasteiger partial charge in [-0.25, -0.2) is 4.98 Å². The number of nitriles is 1. The normalized spacial score (nSPS) is 10.6. The van der Waals surface area contributed by atoms with Crippen LogP contribution in [0.2, 0.25) is 0 Å². The third kappa shape index (κ3) is 3.89. The number of aryl methyl sites for hydroxylation is 1. The molecule has 3 rings (SSSR count). The zero-order valence-corrected chi connectivity index (χ0v) is 16.0. The largest absolute Gasteiger partial charge is 0.480 e. The van der Waals surface area contributed by atoms with Crippen LogP contribution in [0.5, 0.6) is 5.88 Å². The number of carbonyl (C=O) groups excluding carboxylic acids is 1. The van der Waals surface area contributed by atoms with Crippen molar-refractivity contribution in [3.05, 3.63) is 51.7 Å². The molecular formula is C19H18N4O3S. The van der Waals surface area contributed by atoms with Crippen molar-refractivity contribution in [2.45, 2.75) is 20.1 Å². The van der Waals surface area contributed by atoms with Crippen LogP contribution >= 0.6 is 11.3 Å². The summed E-state index contributed by atoms with van der Waals surface area (Å²) in [6, 6.07) is 9.17. The second kappa shape index (κ2) is 8.12. The number of hydrogen-bond donors (Lipinski definition) is 1. The number of methoxy groups -OCH3 is 2. The number of ether oxygens (including phenoxy) is 2. The van der Waals surface area contributed by atoms with Gasteiger partial charge in [0.15, 0.2) is 5.82 Å². The highest BCUT2D eigenvalue weighted by Crippen LogP contribution is 2.35. The summed E-state index contributed by atoms with van der Waals surface area (Å²) in [5, 5.41) is 12.5. The lowest BCUT2D eigenvalue weighted by molar-refractivity contribution is 0.0954. The van der Waals surface area contributed by atoms with Crippen molar-refractivity contribution in [3.8, 4) is 11.9 Å². The summed E-state index contributed by atoms with van der Waals surface area (Å²) in [6.07, 6.45) is 0. The first kappa shape index (κ1) is 18.8. The van der Waals surface area contributed by atoms with Gasteiger partial charge in [0.1, 0.15) is 11.4 Å². The van der Waals surface area contributed by atoms with Gasteiger partial charge in [-0.3, -0.25) is 4.79 Å². The molecule has 1 amide bonds. The standard InChI is InChI=1S/C19H18N4O3S/c1-11-15-18(26-3)22-14(10-25-2)23-19(15)27-16(11)17(24)21-9-13-6-4-12(8-20)5-7-13/h4-7H,9-10H2,1-3H3,(H,21,24). The van der Waals surface area contributed by atoms with E-state index in [2.05, 4.69) is 21.4 Å². The second-order valence-corrected chi connectivity index (χ2v) is 6.81. The highest BCUT2D eigenvalue weighted by Gasteiger charge is 2.21. The van der Waals surface area contributed by atoms with Gasteiger partial charge >= 0.3 is 0 Å². The first-order valence-electron chi connectivity index (χ1n) is 8.17. The maximum Gasteiger partial charge on any atom is 0.261 e. The third-order valence-electron chi connectivity index (χ3n) is 4.01. The number of benzene rings is 1. The Hall–Kier alpha value is -3.02. The third-order valence-corrected chi connectivity index (χ3v) is 5.20. The number of hydrogen-bond acceptors (Lipinski definition) is 7. The first-order chi connectivity index (χ1) is 13.1. The maximum atomic E-state index is 12.7. The van der Waals surface area contributed by atoms with Gasteiger partial charge < -0.3 is 14.8 Å². The van der Waals surface area contributed by atoms with E-state index in [-0.39, 0.29) is 12.5 Å². The van der Waals surface area contributed by atoms with Gasteiger partial charge in [-0.1, -0.05) is 12.1 Å². The molecule has 0 atom stereocenters. The fourth-order valence-corrected chi connectivity index (χ4v) is 3.77. The first-order valence-corrected chi connectivity index (χ1v) is 8.99. The topological polar surface area (TPSA) is 97.1 Å². The van der Waals surface area contributed by atoms with Gasteiger partial charge in [0.25, 0.3) is 5.91 Å². The van der Waals surface area contributed by atoms with E-state index in [1.165, 1.54) is 11.3 Å². The van der Waals surface area contributed by atoms with Crippen LogP contribution in [0.3, 0.4) is 0 Å². The molecule has 138 valence electrons. The van der Waals surface area contributed by atoms with E-state index < -0.39 is 0 Å². The van der Waals surface area contributed by atoms with E-state index in [0.29, 0.717) is 33.5 Å². The minimum Gasteiger partial charge on any atom is -0.480 e. The molecule has 0 spiro atoms. The smallest absolute Gasteiger partial charge is 0.261 e. The Morgan fingerprint density at radius 3 is 2.63 bits per heavy atom. The van der Waals surface area contributed by atoms with Crippen LogP contribution in [-0.2, 0) is 17.9 Å². The molecule has 0 aliphatic rings. The van der Waals surface area contributed by atoms with E-state index in [0.717, 1.165) is 16.5 Å². The van der Waals surface area contributed by atoms with Gasteiger partial charge in [0.2, 0.25) is 5.88 Å². The summed E-state index contributed by atoms with van der Waals surface area (Å²) in [5.41, 5.74) is 2.29.